The van der Waals surface area contributed by atoms with Gasteiger partial charge in [-0.05, 0) is 25.0 Å². The molecule has 0 saturated heterocycles. The smallest absolute Gasteiger partial charge is 0.282 e. The molecule has 0 unspecified atom stereocenters. The predicted octanol–water partition coefficient (Wildman–Crippen LogP) is 0.499. The van der Waals surface area contributed by atoms with Crippen LogP contribution in [0.1, 0.15) is 29.5 Å². The van der Waals surface area contributed by atoms with E-state index in [1.54, 1.807) is 19.1 Å². The number of hydrogen-bond donors (Lipinski definition) is 2. The number of nitrogens with zero attached hydrogens (tertiary/aromatic N) is 3. The van der Waals surface area contributed by atoms with E-state index < -0.39 is 20.1 Å². The van der Waals surface area contributed by atoms with Crippen molar-refractivity contribution in [1.82, 2.24) is 19.7 Å². The van der Waals surface area contributed by atoms with Gasteiger partial charge in [-0.3, -0.25) is 4.55 Å². The van der Waals surface area contributed by atoms with E-state index in [2.05, 4.69) is 19.7 Å². The van der Waals surface area contributed by atoms with Crippen molar-refractivity contribution in [3.05, 3.63) is 47.3 Å². The van der Waals surface area contributed by atoms with Gasteiger partial charge < -0.3 is 0 Å². The minimum absolute atomic E-state index is 0.119. The lowest BCUT2D eigenvalue weighted by Gasteiger charge is -2.08. The van der Waals surface area contributed by atoms with Crippen molar-refractivity contribution in [2.45, 2.75) is 31.1 Å². The molecule has 1 aromatic heterocycles. The lowest BCUT2D eigenvalue weighted by Crippen LogP contribution is -2.23. The number of rotatable bonds is 8. The van der Waals surface area contributed by atoms with Crippen molar-refractivity contribution < 1.29 is 21.4 Å². The normalized spacial score (nSPS) is 12.3. The lowest BCUT2D eigenvalue weighted by atomic mass is 10.1. The van der Waals surface area contributed by atoms with Gasteiger partial charge in [0.2, 0.25) is 10.0 Å². The van der Waals surface area contributed by atoms with Crippen molar-refractivity contribution in [3.63, 3.8) is 0 Å². The molecule has 0 saturated carbocycles. The van der Waals surface area contributed by atoms with Crippen LogP contribution in [0, 0.1) is 6.92 Å². The summed E-state index contributed by atoms with van der Waals surface area (Å²) < 4.78 is 56.8. The number of nitrogens with one attached hydrogen (secondary N) is 1. The van der Waals surface area contributed by atoms with E-state index in [0.29, 0.717) is 35.9 Å². The first kappa shape index (κ1) is 20.4. The second-order valence-electron chi connectivity index (χ2n) is 5.74. The van der Waals surface area contributed by atoms with Gasteiger partial charge in [-0.1, -0.05) is 18.2 Å². The molecule has 0 spiro atoms. The third-order valence-corrected chi connectivity index (χ3v) is 5.06. The van der Waals surface area contributed by atoms with Gasteiger partial charge in [0.15, 0.2) is 0 Å². The van der Waals surface area contributed by atoms with Gasteiger partial charge in [-0.25, -0.2) is 28.1 Å². The van der Waals surface area contributed by atoms with Gasteiger partial charge >= 0.3 is 0 Å². The quantitative estimate of drug-likeness (QED) is 0.482. The van der Waals surface area contributed by atoms with Crippen molar-refractivity contribution >= 4 is 20.1 Å². The van der Waals surface area contributed by atoms with Crippen LogP contribution in [0.5, 0.6) is 0 Å². The zero-order chi connectivity index (χ0) is 19.4. The predicted molar refractivity (Wildman–Crippen MR) is 94.8 cm³/mol. The van der Waals surface area contributed by atoms with E-state index in [1.807, 2.05) is 0 Å². The van der Waals surface area contributed by atoms with Gasteiger partial charge in [-0.2, -0.15) is 8.42 Å². The maximum absolute atomic E-state index is 11.5. The topological polar surface area (TPSA) is 139 Å². The van der Waals surface area contributed by atoms with E-state index in [9.17, 15) is 21.4 Å². The van der Waals surface area contributed by atoms with Crippen molar-refractivity contribution in [2.75, 3.05) is 12.8 Å². The van der Waals surface area contributed by atoms with Crippen LogP contribution in [0.4, 0.5) is 0 Å². The maximum atomic E-state index is 11.5. The molecule has 9 nitrogen and oxygen atoms in total. The Kier molecular flexibility index (Phi) is 6.39. The highest BCUT2D eigenvalue weighted by Crippen LogP contribution is 2.17. The molecule has 1 aromatic carbocycles. The fraction of sp³-hybridized carbons (Fsp3) is 0.400. The summed E-state index contributed by atoms with van der Waals surface area (Å²) in [5.74, 6) is 1.34. The molecule has 0 fully saturated rings. The standard InChI is InChI=1S/C15H20N4O5S2/c1-11-17-14(8-5-9-16-25(2,20)21)19-15(18-11)10-12-6-3-4-7-13(12)26(22,23)24/h3-4,6-7,16H,5,8-10H2,1-2H3,(H,22,23,24). The van der Waals surface area contributed by atoms with Crippen molar-refractivity contribution in [1.29, 1.82) is 0 Å². The number of aromatic nitrogens is 3. The minimum Gasteiger partial charge on any atom is -0.282 e. The van der Waals surface area contributed by atoms with Crippen LogP contribution >= 0.6 is 0 Å². The largest absolute Gasteiger partial charge is 0.294 e. The Hall–Kier alpha value is -1.95. The summed E-state index contributed by atoms with van der Waals surface area (Å²) in [6.45, 7) is 1.96. The average molecular weight is 400 g/mol. The third-order valence-electron chi connectivity index (χ3n) is 3.38. The summed E-state index contributed by atoms with van der Waals surface area (Å²) >= 11 is 0. The highest BCUT2D eigenvalue weighted by Gasteiger charge is 2.16. The first-order chi connectivity index (χ1) is 12.0. The van der Waals surface area contributed by atoms with Crippen LogP contribution in [0.15, 0.2) is 29.2 Å². The van der Waals surface area contributed by atoms with Crippen molar-refractivity contribution in [3.8, 4) is 0 Å². The highest BCUT2D eigenvalue weighted by atomic mass is 32.2. The zero-order valence-electron chi connectivity index (χ0n) is 14.4. The molecule has 0 radical (unpaired) electrons. The summed E-state index contributed by atoms with van der Waals surface area (Å²) in [4.78, 5) is 12.5. The van der Waals surface area contributed by atoms with Crippen molar-refractivity contribution in [2.24, 2.45) is 0 Å². The molecular weight excluding hydrogens is 380 g/mol. The van der Waals surface area contributed by atoms with Crippen LogP contribution in [0.25, 0.3) is 0 Å². The SMILES string of the molecule is Cc1nc(CCCNS(C)(=O)=O)nc(Cc2ccccc2S(=O)(=O)O)n1. The molecule has 2 N–H and O–H groups in total. The van der Waals surface area contributed by atoms with Crippen LogP contribution in [-0.2, 0) is 33.0 Å². The van der Waals surface area contributed by atoms with Gasteiger partial charge in [0.05, 0.1) is 11.2 Å². The van der Waals surface area contributed by atoms with Gasteiger partial charge in [0.25, 0.3) is 10.1 Å². The molecule has 2 aromatic rings. The van der Waals surface area contributed by atoms with E-state index >= 15 is 0 Å². The Labute approximate surface area is 152 Å². The van der Waals surface area contributed by atoms with Crippen LogP contribution in [0.3, 0.4) is 0 Å². The molecule has 1 heterocycles. The van der Waals surface area contributed by atoms with Crippen LogP contribution < -0.4 is 4.72 Å². The molecule has 2 rings (SSSR count). The van der Waals surface area contributed by atoms with Gasteiger partial charge in [-0.15, -0.1) is 0 Å². The maximum Gasteiger partial charge on any atom is 0.294 e. The molecule has 26 heavy (non-hydrogen) atoms. The third kappa shape index (κ3) is 6.41. The molecule has 0 bridgehead atoms. The Bertz CT molecular complexity index is 991. The van der Waals surface area contributed by atoms with Gasteiger partial charge in [0, 0.05) is 19.4 Å². The summed E-state index contributed by atoms with van der Waals surface area (Å²) in [5, 5.41) is 0. The summed E-state index contributed by atoms with van der Waals surface area (Å²) in [6.07, 6.45) is 2.16. The first-order valence-corrected chi connectivity index (χ1v) is 11.1. The molecule has 0 amide bonds. The second-order valence-corrected chi connectivity index (χ2v) is 8.97. The van der Waals surface area contributed by atoms with E-state index in [0.717, 1.165) is 6.26 Å². The van der Waals surface area contributed by atoms with E-state index in [1.165, 1.54) is 12.1 Å². The van der Waals surface area contributed by atoms with Gasteiger partial charge in [0.1, 0.15) is 17.5 Å². The Morgan fingerprint density at radius 3 is 2.35 bits per heavy atom. The number of benzene rings is 1. The molecule has 0 aliphatic heterocycles. The molecule has 11 heteroatoms. The molecular formula is C15H20N4O5S2. The lowest BCUT2D eigenvalue weighted by molar-refractivity contribution is 0.482. The molecule has 0 aliphatic rings. The fourth-order valence-corrected chi connectivity index (χ4v) is 3.60. The first-order valence-electron chi connectivity index (χ1n) is 7.75. The van der Waals surface area contributed by atoms with Crippen LogP contribution in [-0.4, -0.2) is 49.1 Å². The van der Waals surface area contributed by atoms with Crippen LogP contribution in [0.2, 0.25) is 0 Å². The summed E-state index contributed by atoms with van der Waals surface area (Å²) in [7, 11) is -7.58. The number of aryl methyl sites for hydroxylation is 2. The molecule has 142 valence electrons. The molecule has 0 atom stereocenters. The summed E-state index contributed by atoms with van der Waals surface area (Å²) in [5.41, 5.74) is 0.380. The second kappa shape index (κ2) is 8.16. The fourth-order valence-electron chi connectivity index (χ4n) is 2.36. The number of hydrogen-bond acceptors (Lipinski definition) is 7. The Morgan fingerprint density at radius 1 is 1.04 bits per heavy atom. The van der Waals surface area contributed by atoms with E-state index in [-0.39, 0.29) is 17.9 Å². The zero-order valence-corrected chi connectivity index (χ0v) is 16.0. The Balaban J connectivity index is 2.16. The monoisotopic (exact) mass is 400 g/mol. The highest BCUT2D eigenvalue weighted by molar-refractivity contribution is 7.88. The Morgan fingerprint density at radius 2 is 1.69 bits per heavy atom. The number of sulfonamides is 1. The summed E-state index contributed by atoms with van der Waals surface area (Å²) in [6, 6.07) is 6.08. The average Bonchev–Trinajstić information content (AvgIpc) is 2.50. The molecule has 0 aliphatic carbocycles. The minimum atomic E-state index is -4.34. The van der Waals surface area contributed by atoms with E-state index in [4.69, 9.17) is 0 Å².